The fraction of sp³-hybridized carbons (Fsp3) is 0.611. The first kappa shape index (κ1) is 19.5. The lowest BCUT2D eigenvalue weighted by atomic mass is 10.0. The Balaban J connectivity index is 1.76. The number of likely N-dealkylation sites (tertiary alicyclic amines) is 1. The quantitative estimate of drug-likeness (QED) is 0.824. The molecule has 1 heterocycles. The molecule has 0 radical (unpaired) electrons. The Morgan fingerprint density at radius 1 is 1.29 bits per heavy atom. The average molecular weight is 373 g/mol. The molecule has 4 nitrogen and oxygen atoms in total. The van der Waals surface area contributed by atoms with Crippen LogP contribution < -0.4 is 5.73 Å². The van der Waals surface area contributed by atoms with Gasteiger partial charge >= 0.3 is 0 Å². The summed E-state index contributed by atoms with van der Waals surface area (Å²) in [5, 5.41) is 1.09. The number of carbonyl (C=O) groups is 1. The number of rotatable bonds is 6. The minimum Gasteiger partial charge on any atom is -0.373 e. The standard InChI is InChI=1S/C18H26Cl2N2O2/c1-12(2)9-17(21)18(23)22-7-5-14(6-8-22)24-11-13-3-4-15(19)16(20)10-13/h3-4,10,12,14,17H,5-9,11,21H2,1-2H3/t17-/m0/s1. The van der Waals surface area contributed by atoms with E-state index in [1.165, 1.54) is 0 Å². The van der Waals surface area contributed by atoms with Gasteiger partial charge in [-0.05, 0) is 42.9 Å². The van der Waals surface area contributed by atoms with Crippen molar-refractivity contribution in [2.24, 2.45) is 11.7 Å². The molecule has 1 fully saturated rings. The van der Waals surface area contributed by atoms with Crippen LogP contribution in [0.2, 0.25) is 10.0 Å². The van der Waals surface area contributed by atoms with Gasteiger partial charge in [-0.15, -0.1) is 0 Å². The third kappa shape index (κ3) is 5.62. The summed E-state index contributed by atoms with van der Waals surface area (Å²) in [7, 11) is 0. The largest absolute Gasteiger partial charge is 0.373 e. The molecular weight excluding hydrogens is 347 g/mol. The molecule has 0 aliphatic carbocycles. The maximum Gasteiger partial charge on any atom is 0.239 e. The van der Waals surface area contributed by atoms with Gasteiger partial charge < -0.3 is 15.4 Å². The van der Waals surface area contributed by atoms with Crippen molar-refractivity contribution in [2.75, 3.05) is 13.1 Å². The molecule has 0 unspecified atom stereocenters. The zero-order valence-electron chi connectivity index (χ0n) is 14.3. The summed E-state index contributed by atoms with van der Waals surface area (Å²) < 4.78 is 5.95. The molecule has 0 saturated carbocycles. The fourth-order valence-electron chi connectivity index (χ4n) is 2.93. The Morgan fingerprint density at radius 2 is 1.96 bits per heavy atom. The van der Waals surface area contributed by atoms with Gasteiger partial charge in [0.1, 0.15) is 0 Å². The molecule has 0 spiro atoms. The van der Waals surface area contributed by atoms with Crippen molar-refractivity contribution in [3.63, 3.8) is 0 Å². The molecule has 1 atom stereocenters. The summed E-state index contributed by atoms with van der Waals surface area (Å²) in [6, 6.07) is 5.13. The molecule has 6 heteroatoms. The summed E-state index contributed by atoms with van der Waals surface area (Å²) in [6.07, 6.45) is 2.56. The van der Waals surface area contributed by atoms with Crippen LogP contribution in [0.3, 0.4) is 0 Å². The second-order valence-corrected chi connectivity index (χ2v) is 7.63. The van der Waals surface area contributed by atoms with Crippen LogP contribution in [0.5, 0.6) is 0 Å². The number of amides is 1. The molecule has 134 valence electrons. The highest BCUT2D eigenvalue weighted by Gasteiger charge is 2.27. The van der Waals surface area contributed by atoms with E-state index in [-0.39, 0.29) is 12.0 Å². The summed E-state index contributed by atoms with van der Waals surface area (Å²) in [6.45, 7) is 6.07. The highest BCUT2D eigenvalue weighted by Crippen LogP contribution is 2.24. The number of halogens is 2. The smallest absolute Gasteiger partial charge is 0.239 e. The zero-order chi connectivity index (χ0) is 17.7. The van der Waals surface area contributed by atoms with Gasteiger partial charge in [-0.2, -0.15) is 0 Å². The minimum absolute atomic E-state index is 0.0617. The molecule has 24 heavy (non-hydrogen) atoms. The Bertz CT molecular complexity index is 558. The lowest BCUT2D eigenvalue weighted by Crippen LogP contribution is -2.48. The molecule has 0 bridgehead atoms. The second kappa shape index (κ2) is 9.04. The predicted octanol–water partition coefficient (Wildman–Crippen LogP) is 3.87. The highest BCUT2D eigenvalue weighted by molar-refractivity contribution is 6.42. The lowest BCUT2D eigenvalue weighted by molar-refractivity contribution is -0.135. The van der Waals surface area contributed by atoms with Crippen LogP contribution in [0.25, 0.3) is 0 Å². The van der Waals surface area contributed by atoms with Crippen LogP contribution in [-0.4, -0.2) is 36.0 Å². The third-order valence-corrected chi connectivity index (χ3v) is 5.00. The van der Waals surface area contributed by atoms with Gasteiger partial charge in [-0.3, -0.25) is 4.79 Å². The number of nitrogens with two attached hydrogens (primary N) is 1. The number of carbonyl (C=O) groups excluding carboxylic acids is 1. The third-order valence-electron chi connectivity index (χ3n) is 4.27. The first-order valence-corrected chi connectivity index (χ1v) is 9.22. The van der Waals surface area contributed by atoms with Gasteiger partial charge in [0.2, 0.25) is 5.91 Å². The van der Waals surface area contributed by atoms with Gasteiger partial charge in [0, 0.05) is 13.1 Å². The van der Waals surface area contributed by atoms with Crippen LogP contribution in [-0.2, 0) is 16.1 Å². The van der Waals surface area contributed by atoms with Gasteiger partial charge in [-0.25, -0.2) is 0 Å². The summed E-state index contributed by atoms with van der Waals surface area (Å²) in [5.41, 5.74) is 7.00. The van der Waals surface area contributed by atoms with Crippen molar-refractivity contribution in [1.29, 1.82) is 0 Å². The topological polar surface area (TPSA) is 55.6 Å². The number of nitrogens with zero attached hydrogens (tertiary/aromatic N) is 1. The van der Waals surface area contributed by atoms with Crippen molar-refractivity contribution in [3.8, 4) is 0 Å². The van der Waals surface area contributed by atoms with Crippen molar-refractivity contribution in [3.05, 3.63) is 33.8 Å². The second-order valence-electron chi connectivity index (χ2n) is 6.82. The number of piperidine rings is 1. The molecular formula is C18H26Cl2N2O2. The van der Waals surface area contributed by atoms with E-state index in [4.69, 9.17) is 33.7 Å². The summed E-state index contributed by atoms with van der Waals surface area (Å²) >= 11 is 11.9. The predicted molar refractivity (Wildman–Crippen MR) is 98.3 cm³/mol. The summed E-state index contributed by atoms with van der Waals surface area (Å²) in [5.74, 6) is 0.489. The van der Waals surface area contributed by atoms with Gasteiger partial charge in [-0.1, -0.05) is 43.1 Å². The van der Waals surface area contributed by atoms with E-state index >= 15 is 0 Å². The lowest BCUT2D eigenvalue weighted by Gasteiger charge is -2.33. The number of hydrogen-bond donors (Lipinski definition) is 1. The van der Waals surface area contributed by atoms with E-state index in [0.717, 1.165) is 24.8 Å². The van der Waals surface area contributed by atoms with Crippen molar-refractivity contribution < 1.29 is 9.53 Å². The van der Waals surface area contributed by atoms with Gasteiger partial charge in [0.25, 0.3) is 0 Å². The van der Waals surface area contributed by atoms with Gasteiger partial charge in [0.05, 0.1) is 28.8 Å². The van der Waals surface area contributed by atoms with Crippen LogP contribution in [0.4, 0.5) is 0 Å². The van der Waals surface area contributed by atoms with Crippen LogP contribution in [0, 0.1) is 5.92 Å². The van der Waals surface area contributed by atoms with Gasteiger partial charge in [0.15, 0.2) is 0 Å². The first-order chi connectivity index (χ1) is 11.4. The van der Waals surface area contributed by atoms with E-state index in [1.54, 1.807) is 6.07 Å². The monoisotopic (exact) mass is 372 g/mol. The Hall–Kier alpha value is -0.810. The Labute approximate surface area is 154 Å². The number of benzene rings is 1. The number of ether oxygens (including phenoxy) is 1. The molecule has 0 aromatic heterocycles. The van der Waals surface area contributed by atoms with Crippen LogP contribution in [0.1, 0.15) is 38.7 Å². The molecule has 2 rings (SSSR count). The molecule has 1 aromatic carbocycles. The van der Waals surface area contributed by atoms with E-state index in [0.29, 0.717) is 35.7 Å². The van der Waals surface area contributed by atoms with E-state index in [1.807, 2.05) is 17.0 Å². The molecule has 1 saturated heterocycles. The highest BCUT2D eigenvalue weighted by atomic mass is 35.5. The van der Waals surface area contributed by atoms with Crippen molar-refractivity contribution >= 4 is 29.1 Å². The molecule has 1 aliphatic rings. The van der Waals surface area contributed by atoms with E-state index in [2.05, 4.69) is 13.8 Å². The molecule has 2 N–H and O–H groups in total. The SMILES string of the molecule is CC(C)C[C@H](N)C(=O)N1CCC(OCc2ccc(Cl)c(Cl)c2)CC1. The van der Waals surface area contributed by atoms with E-state index < -0.39 is 6.04 Å². The zero-order valence-corrected chi connectivity index (χ0v) is 15.8. The number of hydrogen-bond acceptors (Lipinski definition) is 3. The maximum atomic E-state index is 12.3. The van der Waals surface area contributed by atoms with Crippen LogP contribution >= 0.6 is 23.2 Å². The van der Waals surface area contributed by atoms with E-state index in [9.17, 15) is 4.79 Å². The Morgan fingerprint density at radius 3 is 2.54 bits per heavy atom. The minimum atomic E-state index is -0.390. The molecule has 1 amide bonds. The average Bonchev–Trinajstić information content (AvgIpc) is 2.55. The molecule has 1 aromatic rings. The normalized spacial score (nSPS) is 17.3. The Kier molecular flexibility index (Phi) is 7.35. The van der Waals surface area contributed by atoms with Crippen LogP contribution in [0.15, 0.2) is 18.2 Å². The molecule has 1 aliphatic heterocycles. The fourth-order valence-corrected chi connectivity index (χ4v) is 3.25. The maximum absolute atomic E-state index is 12.3. The summed E-state index contributed by atoms with van der Waals surface area (Å²) in [4.78, 5) is 14.2. The first-order valence-electron chi connectivity index (χ1n) is 8.46. The van der Waals surface area contributed by atoms with Crippen molar-refractivity contribution in [1.82, 2.24) is 4.90 Å². The van der Waals surface area contributed by atoms with Crippen molar-refractivity contribution in [2.45, 2.75) is 51.9 Å².